The zero-order valence-electron chi connectivity index (χ0n) is 14.1. The highest BCUT2D eigenvalue weighted by Crippen LogP contribution is 2.31. The summed E-state index contributed by atoms with van der Waals surface area (Å²) in [6.45, 7) is 4.19. The summed E-state index contributed by atoms with van der Waals surface area (Å²) in [5.41, 5.74) is 5.17. The molecule has 0 spiro atoms. The minimum atomic E-state index is -1.44. The highest BCUT2D eigenvalue weighted by Gasteiger charge is 2.20. The molecular formula is C20H22BNO2. The molecule has 0 saturated heterocycles. The standard InChI is InChI=1S/C20H22BNO2/c1-15-3-9-18(10-4-15)22(19-11-5-16(2)6-12-19)20-13-7-17(8-14-20)21(23)24/h3-11,13-14,19,23-24H,12H2,1-2H3. The van der Waals surface area contributed by atoms with E-state index < -0.39 is 7.12 Å². The van der Waals surface area contributed by atoms with Crippen LogP contribution < -0.4 is 10.4 Å². The van der Waals surface area contributed by atoms with E-state index in [1.165, 1.54) is 11.1 Å². The van der Waals surface area contributed by atoms with Crippen LogP contribution in [0.15, 0.2) is 72.3 Å². The molecule has 1 unspecified atom stereocenters. The van der Waals surface area contributed by atoms with E-state index in [0.29, 0.717) is 5.46 Å². The van der Waals surface area contributed by atoms with Gasteiger partial charge in [0.2, 0.25) is 0 Å². The summed E-state index contributed by atoms with van der Waals surface area (Å²) in [6.07, 6.45) is 7.57. The van der Waals surface area contributed by atoms with E-state index in [2.05, 4.69) is 61.2 Å². The Bertz CT molecular complexity index is 748. The fourth-order valence-corrected chi connectivity index (χ4v) is 2.95. The number of rotatable bonds is 4. The van der Waals surface area contributed by atoms with Crippen molar-refractivity contribution < 1.29 is 10.0 Å². The lowest BCUT2D eigenvalue weighted by Gasteiger charge is -2.33. The van der Waals surface area contributed by atoms with Gasteiger partial charge in [0.25, 0.3) is 0 Å². The molecule has 1 aliphatic carbocycles. The first-order valence-electron chi connectivity index (χ1n) is 8.21. The van der Waals surface area contributed by atoms with Gasteiger partial charge in [-0.15, -0.1) is 0 Å². The molecule has 3 rings (SSSR count). The Morgan fingerprint density at radius 3 is 2.00 bits per heavy atom. The SMILES string of the molecule is CC1=CCC(N(c2ccc(C)cc2)c2ccc(B(O)O)cc2)C=C1. The lowest BCUT2D eigenvalue weighted by molar-refractivity contribution is 0.426. The van der Waals surface area contributed by atoms with Crippen molar-refractivity contribution in [3.8, 4) is 0 Å². The van der Waals surface area contributed by atoms with Gasteiger partial charge in [0.15, 0.2) is 0 Å². The molecule has 0 aliphatic heterocycles. The molecule has 0 bridgehead atoms. The molecule has 1 atom stereocenters. The highest BCUT2D eigenvalue weighted by molar-refractivity contribution is 6.58. The number of hydrogen-bond donors (Lipinski definition) is 2. The van der Waals surface area contributed by atoms with Gasteiger partial charge in [0.1, 0.15) is 0 Å². The first kappa shape index (κ1) is 16.6. The molecule has 2 aromatic rings. The summed E-state index contributed by atoms with van der Waals surface area (Å²) >= 11 is 0. The Morgan fingerprint density at radius 2 is 1.50 bits per heavy atom. The first-order chi connectivity index (χ1) is 11.5. The van der Waals surface area contributed by atoms with Crippen LogP contribution in [0.2, 0.25) is 0 Å². The van der Waals surface area contributed by atoms with Gasteiger partial charge in [0.05, 0.1) is 6.04 Å². The van der Waals surface area contributed by atoms with Gasteiger partial charge >= 0.3 is 7.12 Å². The summed E-state index contributed by atoms with van der Waals surface area (Å²) in [5, 5.41) is 18.6. The summed E-state index contributed by atoms with van der Waals surface area (Å²) in [4.78, 5) is 2.28. The largest absolute Gasteiger partial charge is 0.488 e. The normalized spacial score (nSPS) is 16.7. The van der Waals surface area contributed by atoms with E-state index in [1.807, 2.05) is 12.1 Å². The number of allylic oxidation sites excluding steroid dienone is 2. The lowest BCUT2D eigenvalue weighted by Crippen LogP contribution is -2.32. The van der Waals surface area contributed by atoms with Crippen molar-refractivity contribution >= 4 is 24.0 Å². The first-order valence-corrected chi connectivity index (χ1v) is 8.21. The Balaban J connectivity index is 1.98. The third kappa shape index (κ3) is 3.61. The predicted octanol–water partition coefficient (Wildman–Crippen LogP) is 3.09. The Labute approximate surface area is 143 Å². The average molecular weight is 319 g/mol. The van der Waals surface area contributed by atoms with Gasteiger partial charge in [-0.2, -0.15) is 0 Å². The summed E-state index contributed by atoms with van der Waals surface area (Å²) in [5.74, 6) is 0. The molecule has 4 heteroatoms. The van der Waals surface area contributed by atoms with Crippen molar-refractivity contribution in [2.24, 2.45) is 0 Å². The average Bonchev–Trinajstić information content (AvgIpc) is 2.59. The molecule has 0 heterocycles. The van der Waals surface area contributed by atoms with Crippen LogP contribution in [0.4, 0.5) is 11.4 Å². The molecular weight excluding hydrogens is 297 g/mol. The number of nitrogens with zero attached hydrogens (tertiary/aromatic N) is 1. The minimum Gasteiger partial charge on any atom is -0.423 e. The lowest BCUT2D eigenvalue weighted by atomic mass is 9.80. The van der Waals surface area contributed by atoms with Crippen molar-refractivity contribution in [3.05, 3.63) is 77.9 Å². The van der Waals surface area contributed by atoms with Crippen LogP contribution in [0, 0.1) is 6.92 Å². The quantitative estimate of drug-likeness (QED) is 0.851. The summed E-state index contributed by atoms with van der Waals surface area (Å²) in [6, 6.07) is 16.1. The number of benzene rings is 2. The van der Waals surface area contributed by atoms with Crippen molar-refractivity contribution in [2.45, 2.75) is 26.3 Å². The fraction of sp³-hybridized carbons (Fsp3) is 0.200. The van der Waals surface area contributed by atoms with E-state index in [-0.39, 0.29) is 6.04 Å². The van der Waals surface area contributed by atoms with Gasteiger partial charge < -0.3 is 14.9 Å². The maximum atomic E-state index is 9.30. The topological polar surface area (TPSA) is 43.7 Å². The number of anilines is 2. The molecule has 0 radical (unpaired) electrons. The van der Waals surface area contributed by atoms with Crippen molar-refractivity contribution in [2.75, 3.05) is 4.90 Å². The smallest absolute Gasteiger partial charge is 0.423 e. The fourth-order valence-electron chi connectivity index (χ4n) is 2.95. The second kappa shape index (κ2) is 7.08. The molecule has 0 amide bonds. The molecule has 122 valence electrons. The van der Waals surface area contributed by atoms with Gasteiger partial charge in [-0.1, -0.05) is 53.6 Å². The van der Waals surface area contributed by atoms with Crippen LogP contribution in [-0.4, -0.2) is 23.2 Å². The van der Waals surface area contributed by atoms with Crippen LogP contribution in [0.1, 0.15) is 18.9 Å². The van der Waals surface area contributed by atoms with Crippen LogP contribution in [-0.2, 0) is 0 Å². The van der Waals surface area contributed by atoms with Gasteiger partial charge in [-0.05, 0) is 50.0 Å². The molecule has 0 aromatic heterocycles. The van der Waals surface area contributed by atoms with Gasteiger partial charge in [0, 0.05) is 11.4 Å². The molecule has 2 N–H and O–H groups in total. The maximum absolute atomic E-state index is 9.30. The number of aryl methyl sites for hydroxylation is 1. The molecule has 0 saturated carbocycles. The zero-order chi connectivity index (χ0) is 17.1. The third-order valence-electron chi connectivity index (χ3n) is 4.38. The van der Waals surface area contributed by atoms with Crippen LogP contribution in [0.25, 0.3) is 0 Å². The summed E-state index contributed by atoms with van der Waals surface area (Å²) < 4.78 is 0. The second-order valence-corrected chi connectivity index (χ2v) is 6.28. The van der Waals surface area contributed by atoms with Gasteiger partial charge in [-0.3, -0.25) is 0 Å². The minimum absolute atomic E-state index is 0.237. The van der Waals surface area contributed by atoms with E-state index in [4.69, 9.17) is 0 Å². The maximum Gasteiger partial charge on any atom is 0.488 e. The van der Waals surface area contributed by atoms with Crippen molar-refractivity contribution in [1.82, 2.24) is 0 Å². The Kier molecular flexibility index (Phi) is 4.88. The number of hydrogen-bond acceptors (Lipinski definition) is 3. The Morgan fingerprint density at radius 1 is 0.917 bits per heavy atom. The summed E-state index contributed by atoms with van der Waals surface area (Å²) in [7, 11) is -1.44. The van der Waals surface area contributed by atoms with E-state index in [0.717, 1.165) is 17.8 Å². The molecule has 3 nitrogen and oxygen atoms in total. The van der Waals surface area contributed by atoms with E-state index in [1.54, 1.807) is 12.1 Å². The third-order valence-corrected chi connectivity index (χ3v) is 4.38. The molecule has 1 aliphatic rings. The van der Waals surface area contributed by atoms with Crippen LogP contribution in [0.5, 0.6) is 0 Å². The van der Waals surface area contributed by atoms with E-state index >= 15 is 0 Å². The van der Waals surface area contributed by atoms with Gasteiger partial charge in [-0.25, -0.2) is 0 Å². The Hall–Kier alpha value is -2.30. The van der Waals surface area contributed by atoms with E-state index in [9.17, 15) is 10.0 Å². The molecule has 0 fully saturated rings. The second-order valence-electron chi connectivity index (χ2n) is 6.28. The highest BCUT2D eigenvalue weighted by atomic mass is 16.4. The van der Waals surface area contributed by atoms with Crippen LogP contribution >= 0.6 is 0 Å². The van der Waals surface area contributed by atoms with Crippen LogP contribution in [0.3, 0.4) is 0 Å². The molecule has 2 aromatic carbocycles. The molecule has 24 heavy (non-hydrogen) atoms. The van der Waals surface area contributed by atoms with Crippen molar-refractivity contribution in [1.29, 1.82) is 0 Å². The predicted molar refractivity (Wildman–Crippen MR) is 101 cm³/mol. The zero-order valence-corrected chi connectivity index (χ0v) is 14.1. The van der Waals surface area contributed by atoms with Crippen molar-refractivity contribution in [3.63, 3.8) is 0 Å². The monoisotopic (exact) mass is 319 g/mol.